The van der Waals surface area contributed by atoms with E-state index in [0.29, 0.717) is 0 Å². The Kier molecular flexibility index (Phi) is 4.49. The molecule has 4 heteroatoms. The van der Waals surface area contributed by atoms with Crippen LogP contribution in [0.3, 0.4) is 0 Å². The highest BCUT2D eigenvalue weighted by molar-refractivity contribution is 5.31. The first kappa shape index (κ1) is 13.5. The number of hydrogen-bond donors (Lipinski definition) is 2. The zero-order valence-electron chi connectivity index (χ0n) is 11.2. The molecule has 100 valence electrons. The van der Waals surface area contributed by atoms with Crippen molar-refractivity contribution in [2.45, 2.75) is 25.8 Å². The summed E-state index contributed by atoms with van der Waals surface area (Å²) in [5, 5.41) is 4.38. The van der Waals surface area contributed by atoms with Gasteiger partial charge in [-0.05, 0) is 31.9 Å². The molecular weight excluding hydrogens is 236 g/mol. The minimum Gasteiger partial charge on any atom is -0.271 e. The van der Waals surface area contributed by atoms with Crippen molar-refractivity contribution in [3.63, 3.8) is 0 Å². The van der Waals surface area contributed by atoms with Gasteiger partial charge in [-0.3, -0.25) is 11.3 Å². The molecule has 2 aromatic rings. The van der Waals surface area contributed by atoms with Crippen LogP contribution in [0.25, 0.3) is 5.69 Å². The summed E-state index contributed by atoms with van der Waals surface area (Å²) in [5.74, 6) is 5.62. The minimum atomic E-state index is 0.106. The van der Waals surface area contributed by atoms with E-state index >= 15 is 0 Å². The van der Waals surface area contributed by atoms with Gasteiger partial charge < -0.3 is 0 Å². The molecule has 0 radical (unpaired) electrons. The van der Waals surface area contributed by atoms with Crippen molar-refractivity contribution < 1.29 is 0 Å². The summed E-state index contributed by atoms with van der Waals surface area (Å²) in [7, 11) is 0. The molecule has 1 aromatic heterocycles. The van der Waals surface area contributed by atoms with Crippen molar-refractivity contribution in [2.24, 2.45) is 5.84 Å². The molecule has 19 heavy (non-hydrogen) atoms. The average molecular weight is 256 g/mol. The smallest absolute Gasteiger partial charge is 0.0645 e. The van der Waals surface area contributed by atoms with Gasteiger partial charge in [0.15, 0.2) is 0 Å². The Morgan fingerprint density at radius 3 is 2.79 bits per heavy atom. The van der Waals surface area contributed by atoms with Crippen LogP contribution >= 0.6 is 0 Å². The fourth-order valence-corrected chi connectivity index (χ4v) is 1.98. The number of rotatable bonds is 6. The van der Waals surface area contributed by atoms with Crippen LogP contribution in [0.1, 0.15) is 31.4 Å². The first-order valence-corrected chi connectivity index (χ1v) is 6.41. The lowest BCUT2D eigenvalue weighted by molar-refractivity contribution is 0.515. The molecule has 0 saturated heterocycles. The Morgan fingerprint density at radius 2 is 2.16 bits per heavy atom. The van der Waals surface area contributed by atoms with Crippen LogP contribution in [0, 0.1) is 0 Å². The highest BCUT2D eigenvalue weighted by Gasteiger charge is 2.12. The van der Waals surface area contributed by atoms with E-state index < -0.39 is 0 Å². The number of nitrogens with two attached hydrogens (primary N) is 1. The second-order valence-electron chi connectivity index (χ2n) is 4.77. The summed E-state index contributed by atoms with van der Waals surface area (Å²) in [6.45, 7) is 5.95. The fraction of sp³-hybridized carbons (Fsp3) is 0.267. The van der Waals surface area contributed by atoms with Crippen LogP contribution in [0.15, 0.2) is 54.9 Å². The van der Waals surface area contributed by atoms with Gasteiger partial charge in [0.1, 0.15) is 0 Å². The van der Waals surface area contributed by atoms with Gasteiger partial charge in [-0.15, -0.1) is 6.58 Å². The number of aromatic nitrogens is 2. The number of para-hydroxylation sites is 1. The maximum absolute atomic E-state index is 5.62. The van der Waals surface area contributed by atoms with Gasteiger partial charge in [0, 0.05) is 17.8 Å². The van der Waals surface area contributed by atoms with E-state index in [9.17, 15) is 0 Å². The largest absolute Gasteiger partial charge is 0.271 e. The molecule has 0 fully saturated rings. The van der Waals surface area contributed by atoms with Crippen LogP contribution < -0.4 is 11.3 Å². The van der Waals surface area contributed by atoms with E-state index in [1.165, 1.54) is 0 Å². The quantitative estimate of drug-likeness (QED) is 0.474. The molecule has 1 unspecified atom stereocenters. The Morgan fingerprint density at radius 1 is 1.42 bits per heavy atom. The van der Waals surface area contributed by atoms with Crippen molar-refractivity contribution in [1.82, 2.24) is 15.2 Å². The summed E-state index contributed by atoms with van der Waals surface area (Å²) in [6, 6.07) is 10.1. The van der Waals surface area contributed by atoms with Crippen LogP contribution in [0.4, 0.5) is 0 Å². The van der Waals surface area contributed by atoms with Crippen LogP contribution in [0.2, 0.25) is 0 Å². The third kappa shape index (κ3) is 3.53. The molecule has 0 aliphatic rings. The first-order chi connectivity index (χ1) is 9.20. The Bertz CT molecular complexity index is 530. The molecule has 0 aliphatic heterocycles. The summed E-state index contributed by atoms with van der Waals surface area (Å²) < 4.78 is 1.86. The van der Waals surface area contributed by atoms with Gasteiger partial charge in [0.2, 0.25) is 0 Å². The molecule has 0 aliphatic carbocycles. The van der Waals surface area contributed by atoms with E-state index in [-0.39, 0.29) is 6.04 Å². The van der Waals surface area contributed by atoms with E-state index in [0.717, 1.165) is 29.7 Å². The van der Waals surface area contributed by atoms with Crippen LogP contribution in [-0.2, 0) is 0 Å². The van der Waals surface area contributed by atoms with Crippen LogP contribution in [0.5, 0.6) is 0 Å². The summed E-state index contributed by atoms with van der Waals surface area (Å²) in [4.78, 5) is 0. The van der Waals surface area contributed by atoms with E-state index in [2.05, 4.69) is 17.1 Å². The Balaban J connectivity index is 2.13. The van der Waals surface area contributed by atoms with Gasteiger partial charge in [-0.25, -0.2) is 4.68 Å². The lowest BCUT2D eigenvalue weighted by Crippen LogP contribution is -2.27. The van der Waals surface area contributed by atoms with Crippen molar-refractivity contribution in [1.29, 1.82) is 0 Å². The topological polar surface area (TPSA) is 55.9 Å². The normalized spacial score (nSPS) is 12.3. The molecular formula is C15H20N4. The van der Waals surface area contributed by atoms with Crippen molar-refractivity contribution in [2.75, 3.05) is 0 Å². The molecule has 1 heterocycles. The minimum absolute atomic E-state index is 0.106. The molecule has 0 spiro atoms. The standard InChI is InChI=1S/C15H20N4/c1-12(2)8-9-15(18-16)13-10-17-19(11-13)14-6-4-3-5-7-14/h3-7,10-11,15,18H,1,8-9,16H2,2H3. The maximum Gasteiger partial charge on any atom is 0.0645 e. The predicted octanol–water partition coefficient (Wildman–Crippen LogP) is 2.73. The monoisotopic (exact) mass is 256 g/mol. The lowest BCUT2D eigenvalue weighted by atomic mass is 10.0. The van der Waals surface area contributed by atoms with Gasteiger partial charge in [-0.1, -0.05) is 23.8 Å². The number of hydrazine groups is 1. The third-order valence-electron chi connectivity index (χ3n) is 3.09. The van der Waals surface area contributed by atoms with Gasteiger partial charge in [0.25, 0.3) is 0 Å². The van der Waals surface area contributed by atoms with E-state index in [1.807, 2.05) is 54.3 Å². The summed E-state index contributed by atoms with van der Waals surface area (Å²) in [6.07, 6.45) is 5.74. The number of nitrogens with one attached hydrogen (secondary N) is 1. The van der Waals surface area contributed by atoms with Crippen molar-refractivity contribution >= 4 is 0 Å². The maximum atomic E-state index is 5.62. The molecule has 3 N–H and O–H groups in total. The molecule has 1 aromatic carbocycles. The first-order valence-electron chi connectivity index (χ1n) is 6.41. The van der Waals surface area contributed by atoms with Gasteiger partial charge in [-0.2, -0.15) is 5.10 Å². The summed E-state index contributed by atoms with van der Waals surface area (Å²) in [5.41, 5.74) is 6.14. The molecule has 1 atom stereocenters. The SMILES string of the molecule is C=C(C)CCC(NN)c1cnn(-c2ccccc2)c1. The Labute approximate surface area is 113 Å². The zero-order valence-corrected chi connectivity index (χ0v) is 11.2. The highest BCUT2D eigenvalue weighted by atomic mass is 15.3. The predicted molar refractivity (Wildman–Crippen MR) is 77.7 cm³/mol. The lowest BCUT2D eigenvalue weighted by Gasteiger charge is -2.13. The number of benzene rings is 1. The average Bonchev–Trinajstić information content (AvgIpc) is 2.90. The fourth-order valence-electron chi connectivity index (χ4n) is 1.98. The van der Waals surface area contributed by atoms with E-state index in [1.54, 1.807) is 0 Å². The molecule has 0 amide bonds. The van der Waals surface area contributed by atoms with Crippen LogP contribution in [-0.4, -0.2) is 9.78 Å². The van der Waals surface area contributed by atoms with Crippen molar-refractivity contribution in [3.8, 4) is 5.69 Å². The highest BCUT2D eigenvalue weighted by Crippen LogP contribution is 2.20. The molecule has 0 saturated carbocycles. The van der Waals surface area contributed by atoms with Gasteiger partial charge >= 0.3 is 0 Å². The second kappa shape index (κ2) is 6.31. The zero-order chi connectivity index (χ0) is 13.7. The number of allylic oxidation sites excluding steroid dienone is 1. The molecule has 0 bridgehead atoms. The Hall–Kier alpha value is -1.91. The molecule has 2 rings (SSSR count). The number of nitrogens with zero attached hydrogens (tertiary/aromatic N) is 2. The second-order valence-corrected chi connectivity index (χ2v) is 4.77. The summed E-state index contributed by atoms with van der Waals surface area (Å²) >= 11 is 0. The van der Waals surface area contributed by atoms with E-state index in [4.69, 9.17) is 5.84 Å². The van der Waals surface area contributed by atoms with Gasteiger partial charge in [0.05, 0.1) is 11.9 Å². The molecule has 4 nitrogen and oxygen atoms in total. The third-order valence-corrected chi connectivity index (χ3v) is 3.09. The number of hydrogen-bond acceptors (Lipinski definition) is 3. The van der Waals surface area contributed by atoms with Crippen molar-refractivity contribution in [3.05, 3.63) is 60.4 Å².